The molecule has 2 aromatic carbocycles. The number of anilines is 1. The van der Waals surface area contributed by atoms with Gasteiger partial charge in [-0.2, -0.15) is 0 Å². The lowest BCUT2D eigenvalue weighted by atomic mass is 10.2. The second-order valence-electron chi connectivity index (χ2n) is 6.98. The zero-order valence-electron chi connectivity index (χ0n) is 17.4. The number of halogens is 1. The van der Waals surface area contributed by atoms with E-state index in [4.69, 9.17) is 11.6 Å². The van der Waals surface area contributed by atoms with Gasteiger partial charge in [0.15, 0.2) is 5.16 Å². The highest BCUT2D eigenvalue weighted by Gasteiger charge is 2.21. The van der Waals surface area contributed by atoms with E-state index in [1.165, 1.54) is 38.0 Å². The lowest BCUT2D eigenvalue weighted by molar-refractivity contribution is -0.115. The molecule has 164 valence electrons. The summed E-state index contributed by atoms with van der Waals surface area (Å²) in [5.41, 5.74) is 2.14. The Labute approximate surface area is 190 Å². The number of aryl methyl sites for hydroxylation is 1. The third-order valence-corrected chi connectivity index (χ3v) is 7.76. The molecule has 1 amide bonds. The highest BCUT2D eigenvalue weighted by molar-refractivity contribution is 8.00. The minimum Gasteiger partial charge on any atom is -0.325 e. The van der Waals surface area contributed by atoms with E-state index in [0.717, 1.165) is 15.6 Å². The lowest BCUT2D eigenvalue weighted by Crippen LogP contribution is -2.24. The molecule has 0 saturated carbocycles. The van der Waals surface area contributed by atoms with Gasteiger partial charge in [0.05, 0.1) is 15.8 Å². The molecule has 11 heteroatoms. The van der Waals surface area contributed by atoms with E-state index in [2.05, 4.69) is 15.5 Å². The van der Waals surface area contributed by atoms with Crippen LogP contribution in [0, 0.1) is 6.92 Å². The van der Waals surface area contributed by atoms with Crippen molar-refractivity contribution < 1.29 is 13.2 Å². The van der Waals surface area contributed by atoms with Crippen molar-refractivity contribution in [1.29, 1.82) is 0 Å². The Balaban J connectivity index is 1.74. The SMILES string of the molecule is Cc1ccc(-n2cnnc2S[C@@H](C)C(=O)Nc2cccc(S(=O)(=O)N(C)C)c2)cc1Cl. The van der Waals surface area contributed by atoms with E-state index in [1.807, 2.05) is 25.1 Å². The average Bonchev–Trinajstić information content (AvgIpc) is 3.18. The van der Waals surface area contributed by atoms with Gasteiger partial charge in [-0.05, 0) is 49.7 Å². The number of sulfonamides is 1. The Bertz CT molecular complexity index is 1210. The fourth-order valence-electron chi connectivity index (χ4n) is 2.61. The molecule has 0 unspecified atom stereocenters. The lowest BCUT2D eigenvalue weighted by Gasteiger charge is -2.15. The van der Waals surface area contributed by atoms with Crippen molar-refractivity contribution in [3.05, 3.63) is 59.4 Å². The largest absolute Gasteiger partial charge is 0.325 e. The normalized spacial score (nSPS) is 12.7. The third-order valence-electron chi connectivity index (χ3n) is 4.48. The number of rotatable bonds is 7. The molecule has 0 spiro atoms. The maximum Gasteiger partial charge on any atom is 0.242 e. The molecule has 8 nitrogen and oxygen atoms in total. The molecule has 0 aliphatic heterocycles. The molecule has 1 atom stereocenters. The third kappa shape index (κ3) is 5.27. The van der Waals surface area contributed by atoms with Crippen molar-refractivity contribution in [2.24, 2.45) is 0 Å². The topological polar surface area (TPSA) is 97.2 Å². The molecule has 0 fully saturated rings. The van der Waals surface area contributed by atoms with E-state index in [1.54, 1.807) is 30.0 Å². The van der Waals surface area contributed by atoms with Crippen molar-refractivity contribution in [3.8, 4) is 5.69 Å². The van der Waals surface area contributed by atoms with Crippen LogP contribution in [0.1, 0.15) is 12.5 Å². The summed E-state index contributed by atoms with van der Waals surface area (Å²) in [6.45, 7) is 3.65. The maximum atomic E-state index is 12.7. The van der Waals surface area contributed by atoms with Crippen molar-refractivity contribution in [1.82, 2.24) is 19.1 Å². The summed E-state index contributed by atoms with van der Waals surface area (Å²) in [5.74, 6) is -0.291. The van der Waals surface area contributed by atoms with Gasteiger partial charge in [0, 0.05) is 24.8 Å². The van der Waals surface area contributed by atoms with Gasteiger partial charge in [0.25, 0.3) is 0 Å². The Morgan fingerprint density at radius 2 is 1.97 bits per heavy atom. The summed E-state index contributed by atoms with van der Waals surface area (Å²) in [6.07, 6.45) is 1.56. The summed E-state index contributed by atoms with van der Waals surface area (Å²) >= 11 is 7.45. The predicted octanol–water partition coefficient (Wildman–Crippen LogP) is 3.60. The van der Waals surface area contributed by atoms with Crippen LogP contribution in [0.5, 0.6) is 0 Å². The number of aromatic nitrogens is 3. The van der Waals surface area contributed by atoms with E-state index >= 15 is 0 Å². The standard InChI is InChI=1S/C20H22ClN5O3S2/c1-13-8-9-16(11-18(13)21)26-12-22-24-20(26)30-14(2)19(27)23-15-6-5-7-17(10-15)31(28,29)25(3)4/h5-12,14H,1-4H3,(H,23,27)/t14-/m0/s1. The number of amides is 1. The first-order chi connectivity index (χ1) is 14.6. The van der Waals surface area contributed by atoms with Crippen LogP contribution >= 0.6 is 23.4 Å². The first-order valence-corrected chi connectivity index (χ1v) is 12.0. The number of nitrogens with zero attached hydrogens (tertiary/aromatic N) is 4. The zero-order chi connectivity index (χ0) is 22.8. The molecule has 3 rings (SSSR count). The van der Waals surface area contributed by atoms with Gasteiger partial charge in [0.1, 0.15) is 6.33 Å². The van der Waals surface area contributed by atoms with Crippen LogP contribution in [0.4, 0.5) is 5.69 Å². The molecule has 0 aliphatic rings. The number of hydrogen-bond donors (Lipinski definition) is 1. The smallest absolute Gasteiger partial charge is 0.242 e. The summed E-state index contributed by atoms with van der Waals surface area (Å²) in [6, 6.07) is 11.8. The van der Waals surface area contributed by atoms with Gasteiger partial charge >= 0.3 is 0 Å². The van der Waals surface area contributed by atoms with E-state index < -0.39 is 15.3 Å². The summed E-state index contributed by atoms with van der Waals surface area (Å²) in [7, 11) is -0.685. The molecule has 0 bridgehead atoms. The maximum absolute atomic E-state index is 12.7. The highest BCUT2D eigenvalue weighted by atomic mass is 35.5. The van der Waals surface area contributed by atoms with E-state index in [0.29, 0.717) is 15.9 Å². The molecule has 31 heavy (non-hydrogen) atoms. The molecule has 0 aliphatic carbocycles. The van der Waals surface area contributed by atoms with Gasteiger partial charge < -0.3 is 5.32 Å². The van der Waals surface area contributed by atoms with Crippen molar-refractivity contribution in [3.63, 3.8) is 0 Å². The average molecular weight is 480 g/mol. The monoisotopic (exact) mass is 479 g/mol. The van der Waals surface area contributed by atoms with Crippen LogP contribution in [0.2, 0.25) is 5.02 Å². The number of carbonyl (C=O) groups excluding carboxylic acids is 1. The van der Waals surface area contributed by atoms with Gasteiger partial charge in [0.2, 0.25) is 15.9 Å². The molecule has 0 saturated heterocycles. The molecule has 3 aromatic rings. The number of benzene rings is 2. The first kappa shape index (κ1) is 23.3. The summed E-state index contributed by atoms with van der Waals surface area (Å²) in [5, 5.41) is 11.5. The Hall–Kier alpha value is -2.40. The Morgan fingerprint density at radius 3 is 2.65 bits per heavy atom. The van der Waals surface area contributed by atoms with Gasteiger partial charge in [-0.25, -0.2) is 12.7 Å². The number of thioether (sulfide) groups is 1. The Morgan fingerprint density at radius 1 is 1.23 bits per heavy atom. The van der Waals surface area contributed by atoms with Crippen LogP contribution in [0.3, 0.4) is 0 Å². The molecule has 0 radical (unpaired) electrons. The van der Waals surface area contributed by atoms with Gasteiger partial charge in [-0.3, -0.25) is 9.36 Å². The molecule has 1 N–H and O–H groups in total. The van der Waals surface area contributed by atoms with Crippen molar-refractivity contribution in [2.75, 3.05) is 19.4 Å². The summed E-state index contributed by atoms with van der Waals surface area (Å²) in [4.78, 5) is 12.8. The van der Waals surface area contributed by atoms with Crippen LogP contribution in [-0.4, -0.2) is 52.7 Å². The first-order valence-electron chi connectivity index (χ1n) is 9.26. The van der Waals surface area contributed by atoms with E-state index in [9.17, 15) is 13.2 Å². The summed E-state index contributed by atoms with van der Waals surface area (Å²) < 4.78 is 27.5. The fourth-order valence-corrected chi connectivity index (χ4v) is 4.58. The minimum absolute atomic E-state index is 0.103. The van der Waals surface area contributed by atoms with Crippen molar-refractivity contribution >= 4 is 45.0 Å². The van der Waals surface area contributed by atoms with Gasteiger partial charge in [-0.1, -0.05) is 35.5 Å². The second-order valence-corrected chi connectivity index (χ2v) is 10.8. The molecule has 1 heterocycles. The van der Waals surface area contributed by atoms with Crippen molar-refractivity contribution in [2.45, 2.75) is 29.1 Å². The number of hydrogen-bond acceptors (Lipinski definition) is 6. The number of carbonyl (C=O) groups is 1. The zero-order valence-corrected chi connectivity index (χ0v) is 19.8. The van der Waals surface area contributed by atoms with E-state index in [-0.39, 0.29) is 10.8 Å². The predicted molar refractivity (Wildman–Crippen MR) is 122 cm³/mol. The fraction of sp³-hybridized carbons (Fsp3) is 0.250. The number of nitrogens with one attached hydrogen (secondary N) is 1. The van der Waals surface area contributed by atoms with Crippen LogP contribution in [-0.2, 0) is 14.8 Å². The van der Waals surface area contributed by atoms with Crippen LogP contribution in [0.25, 0.3) is 5.69 Å². The quantitative estimate of drug-likeness (QED) is 0.520. The highest BCUT2D eigenvalue weighted by Crippen LogP contribution is 2.27. The van der Waals surface area contributed by atoms with Crippen LogP contribution in [0.15, 0.2) is 58.8 Å². The van der Waals surface area contributed by atoms with Crippen LogP contribution < -0.4 is 5.32 Å². The molecule has 1 aromatic heterocycles. The second kappa shape index (κ2) is 9.39. The van der Waals surface area contributed by atoms with Gasteiger partial charge in [-0.15, -0.1) is 10.2 Å². The molecular formula is C20H22ClN5O3S2. The molecular weight excluding hydrogens is 458 g/mol. The minimum atomic E-state index is -3.59. The Kier molecular flexibility index (Phi) is 7.05.